The van der Waals surface area contributed by atoms with Crippen LogP contribution in [0, 0.1) is 27.1 Å². The van der Waals surface area contributed by atoms with Gasteiger partial charge in [0.25, 0.3) is 0 Å². The molecule has 3 nitrogen and oxygen atoms in total. The van der Waals surface area contributed by atoms with Crippen molar-refractivity contribution in [2.24, 2.45) is 0 Å². The average Bonchev–Trinajstić information content (AvgIpc) is 2.36. The Balaban J connectivity index is -0.0000000492. The van der Waals surface area contributed by atoms with Gasteiger partial charge in [0.05, 0.1) is 0 Å². The second-order valence-corrected chi connectivity index (χ2v) is 3.35. The Morgan fingerprint density at radius 2 is 0.947 bits per heavy atom. The molecule has 0 rings (SSSR count). The van der Waals surface area contributed by atoms with Crippen molar-refractivity contribution in [1.29, 1.82) is 0 Å². The number of rotatable bonds is 5. The summed E-state index contributed by atoms with van der Waals surface area (Å²) in [5, 5.41) is 0. The fourth-order valence-corrected chi connectivity index (χ4v) is 0.586. The van der Waals surface area contributed by atoms with E-state index >= 15 is 0 Å². The van der Waals surface area contributed by atoms with Crippen LogP contribution in [-0.4, -0.2) is 19.6 Å². The molecular weight excluding hydrogens is 277 g/mol. The van der Waals surface area contributed by atoms with Gasteiger partial charge in [0.15, 0.2) is 0 Å². The van der Waals surface area contributed by atoms with Crippen LogP contribution < -0.4 is 0 Å². The van der Waals surface area contributed by atoms with E-state index in [0.29, 0.717) is 19.6 Å². The molecule has 0 amide bonds. The molecule has 0 N–H and O–H groups in total. The van der Waals surface area contributed by atoms with E-state index in [1.165, 1.54) is 0 Å². The molecule has 0 aliphatic rings. The average molecular weight is 305 g/mol. The Kier molecular flexibility index (Phi) is 70.5. The summed E-state index contributed by atoms with van der Waals surface area (Å²) in [6.07, 6.45) is 5.39. The van der Waals surface area contributed by atoms with Crippen molar-refractivity contribution in [2.45, 2.75) is 52.9 Å². The van der Waals surface area contributed by atoms with Gasteiger partial charge in [-0.3, -0.25) is 0 Å². The van der Waals surface area contributed by atoms with Crippen LogP contribution in [0.4, 0.5) is 0 Å². The molecule has 0 saturated heterocycles. The fourth-order valence-electron chi connectivity index (χ4n) is 0.586. The summed E-state index contributed by atoms with van der Waals surface area (Å²) >= 11 is 0. The van der Waals surface area contributed by atoms with E-state index in [-0.39, 0.29) is 24.5 Å². The van der Waals surface area contributed by atoms with Crippen LogP contribution in [0.1, 0.15) is 52.9 Å². The Morgan fingerprint density at radius 3 is 1.00 bits per heavy atom. The van der Waals surface area contributed by atoms with Gasteiger partial charge in [-0.15, -0.1) is 0 Å². The maximum Gasteiger partial charge on any atom is 0.214 e. The standard InChI is InChI=1S/2C5H9N.C4H7N.CH3.Mn/c2*1-3-4-5-6-2;1-3-4-5-2;;/h2*3-5H2,1H3;3-4H2,1H3;1H3;/q;;;-1;. The SMILES string of the molecule is [C-]#[N+]CCC.[C-]#[N+]CCCC.[C-]#[N+]CCCC.[CH3-].[Mn]. The number of hydrogen-bond donors (Lipinski definition) is 0. The number of unbranched alkanes of at least 4 members (excludes halogenated alkanes) is 2. The smallest absolute Gasteiger partial charge is 0.214 e. The molecule has 0 aliphatic heterocycles. The van der Waals surface area contributed by atoms with Crippen molar-refractivity contribution in [1.82, 2.24) is 0 Å². The molecule has 0 atom stereocenters. The van der Waals surface area contributed by atoms with Gasteiger partial charge < -0.3 is 22.0 Å². The van der Waals surface area contributed by atoms with E-state index in [0.717, 1.165) is 32.1 Å². The summed E-state index contributed by atoms with van der Waals surface area (Å²) in [6.45, 7) is 27.2. The van der Waals surface area contributed by atoms with Crippen molar-refractivity contribution < 1.29 is 17.1 Å². The monoisotopic (exact) mass is 305 g/mol. The molecule has 0 saturated carbocycles. The fraction of sp³-hybridized carbons (Fsp3) is 0.733. The van der Waals surface area contributed by atoms with Gasteiger partial charge in [-0.1, -0.05) is 20.8 Å². The molecule has 1 radical (unpaired) electrons. The van der Waals surface area contributed by atoms with E-state index in [9.17, 15) is 0 Å². The zero-order valence-corrected chi connectivity index (χ0v) is 14.1. The summed E-state index contributed by atoms with van der Waals surface area (Å²) in [6, 6.07) is 0. The third kappa shape index (κ3) is 78.1. The first-order valence-electron chi connectivity index (χ1n) is 6.24. The zero-order chi connectivity index (χ0) is 13.8. The van der Waals surface area contributed by atoms with Gasteiger partial charge in [-0.05, 0) is 12.8 Å². The molecule has 4 heteroatoms. The van der Waals surface area contributed by atoms with Crippen molar-refractivity contribution in [3.05, 3.63) is 41.7 Å². The minimum atomic E-state index is 0. The molecular formula is C15H28MnN3-. The zero-order valence-electron chi connectivity index (χ0n) is 12.9. The van der Waals surface area contributed by atoms with Gasteiger partial charge in [-0.2, -0.15) is 0 Å². The molecule has 0 unspecified atom stereocenters. The largest absolute Gasteiger partial charge is 0.358 e. The Labute approximate surface area is 131 Å². The van der Waals surface area contributed by atoms with Crippen LogP contribution >= 0.6 is 0 Å². The molecule has 0 spiro atoms. The van der Waals surface area contributed by atoms with Crippen LogP contribution in [-0.2, 0) is 17.1 Å². The molecule has 19 heavy (non-hydrogen) atoms. The first-order valence-corrected chi connectivity index (χ1v) is 6.24. The number of hydrogen-bond acceptors (Lipinski definition) is 0. The molecule has 0 bridgehead atoms. The molecule has 111 valence electrons. The Morgan fingerprint density at radius 1 is 0.632 bits per heavy atom. The summed E-state index contributed by atoms with van der Waals surface area (Å²) in [4.78, 5) is 9.46. The van der Waals surface area contributed by atoms with Gasteiger partial charge in [0, 0.05) is 36.3 Å². The molecule has 0 aliphatic carbocycles. The first kappa shape index (κ1) is 30.8. The van der Waals surface area contributed by atoms with E-state index in [4.69, 9.17) is 19.7 Å². The second kappa shape index (κ2) is 43.5. The van der Waals surface area contributed by atoms with Crippen molar-refractivity contribution in [2.75, 3.05) is 19.6 Å². The molecule has 0 aromatic heterocycles. The molecule has 0 fully saturated rings. The van der Waals surface area contributed by atoms with Crippen LogP contribution in [0.2, 0.25) is 0 Å². The van der Waals surface area contributed by atoms with E-state index < -0.39 is 0 Å². The minimum absolute atomic E-state index is 0. The normalized spacial score (nSPS) is 6.32. The first-order chi connectivity index (χ1) is 8.24. The number of nitrogens with zero attached hydrogens (tertiary/aromatic N) is 3. The van der Waals surface area contributed by atoms with Gasteiger partial charge in [0.2, 0.25) is 19.6 Å². The predicted molar refractivity (Wildman–Crippen MR) is 80.9 cm³/mol. The van der Waals surface area contributed by atoms with Gasteiger partial charge >= 0.3 is 0 Å². The summed E-state index contributed by atoms with van der Waals surface area (Å²) in [5.41, 5.74) is 0. The Bertz CT molecular complexity index is 215. The maximum atomic E-state index is 6.33. The van der Waals surface area contributed by atoms with Crippen LogP contribution in [0.25, 0.3) is 14.5 Å². The quantitative estimate of drug-likeness (QED) is 0.377. The third-order valence-electron chi connectivity index (χ3n) is 1.58. The summed E-state index contributed by atoms with van der Waals surface area (Å²) < 4.78 is 0. The molecule has 0 heterocycles. The molecule has 0 aromatic rings. The van der Waals surface area contributed by atoms with Crippen LogP contribution in [0.15, 0.2) is 0 Å². The van der Waals surface area contributed by atoms with Gasteiger partial charge in [-0.25, -0.2) is 19.7 Å². The Hall–Kier alpha value is -1.01. The van der Waals surface area contributed by atoms with Gasteiger partial charge in [0.1, 0.15) is 0 Å². The van der Waals surface area contributed by atoms with E-state index in [1.54, 1.807) is 0 Å². The topological polar surface area (TPSA) is 13.1 Å². The maximum absolute atomic E-state index is 6.33. The summed E-state index contributed by atoms with van der Waals surface area (Å²) in [7, 11) is 0. The van der Waals surface area contributed by atoms with Crippen LogP contribution in [0.3, 0.4) is 0 Å². The van der Waals surface area contributed by atoms with Crippen molar-refractivity contribution in [3.8, 4) is 0 Å². The second-order valence-electron chi connectivity index (χ2n) is 3.35. The molecule has 0 aromatic carbocycles. The van der Waals surface area contributed by atoms with Crippen LogP contribution in [0.5, 0.6) is 0 Å². The van der Waals surface area contributed by atoms with E-state index in [2.05, 4.69) is 28.4 Å². The van der Waals surface area contributed by atoms with E-state index in [1.807, 2.05) is 6.92 Å². The summed E-state index contributed by atoms with van der Waals surface area (Å²) in [5.74, 6) is 0. The van der Waals surface area contributed by atoms with Crippen molar-refractivity contribution >= 4 is 0 Å². The third-order valence-corrected chi connectivity index (χ3v) is 1.58. The predicted octanol–water partition coefficient (Wildman–Crippen LogP) is 5.18. The van der Waals surface area contributed by atoms with Crippen molar-refractivity contribution in [3.63, 3.8) is 0 Å². The minimum Gasteiger partial charge on any atom is -0.358 e.